The number of nitrogens with one attached hydrogen (secondary N) is 1. The molecule has 0 spiro atoms. The van der Waals surface area contributed by atoms with Crippen LogP contribution in [0.1, 0.15) is 30.1 Å². The Labute approximate surface area is 137 Å². The standard InChI is InChI=1S/C17H25N3O3/c1-2-19-11-13-7-9-20(10-8-13)17(22)14-3-5-15(6-4-14)23-12-16(18)21/h3-6,13,19H,2,7-12H2,1H3,(H2,18,21). The van der Waals surface area contributed by atoms with Crippen LogP contribution in [0.2, 0.25) is 0 Å². The van der Waals surface area contributed by atoms with Crippen molar-refractivity contribution in [2.45, 2.75) is 19.8 Å². The Morgan fingerprint density at radius 2 is 1.91 bits per heavy atom. The van der Waals surface area contributed by atoms with Crippen LogP contribution in [-0.4, -0.2) is 49.5 Å². The quantitative estimate of drug-likeness (QED) is 0.785. The molecule has 0 aromatic heterocycles. The first kappa shape index (κ1) is 17.3. The van der Waals surface area contributed by atoms with Gasteiger partial charge in [0, 0.05) is 18.7 Å². The molecule has 1 heterocycles. The van der Waals surface area contributed by atoms with Crippen LogP contribution >= 0.6 is 0 Å². The number of rotatable bonds is 7. The molecule has 2 rings (SSSR count). The molecule has 1 aromatic rings. The third-order valence-electron chi connectivity index (χ3n) is 4.07. The summed E-state index contributed by atoms with van der Waals surface area (Å²) >= 11 is 0. The van der Waals surface area contributed by atoms with Crippen molar-refractivity contribution in [3.8, 4) is 5.75 Å². The highest BCUT2D eigenvalue weighted by atomic mass is 16.5. The molecular weight excluding hydrogens is 294 g/mol. The SMILES string of the molecule is CCNCC1CCN(C(=O)c2ccc(OCC(N)=O)cc2)CC1. The number of nitrogens with zero attached hydrogens (tertiary/aromatic N) is 1. The molecule has 23 heavy (non-hydrogen) atoms. The lowest BCUT2D eigenvalue weighted by Crippen LogP contribution is -2.40. The molecule has 1 aliphatic rings. The summed E-state index contributed by atoms with van der Waals surface area (Å²) in [7, 11) is 0. The van der Waals surface area contributed by atoms with Crippen LogP contribution in [-0.2, 0) is 4.79 Å². The summed E-state index contributed by atoms with van der Waals surface area (Å²) in [5.74, 6) is 0.715. The smallest absolute Gasteiger partial charge is 0.255 e. The van der Waals surface area contributed by atoms with E-state index in [4.69, 9.17) is 10.5 Å². The highest BCUT2D eigenvalue weighted by Gasteiger charge is 2.23. The van der Waals surface area contributed by atoms with Crippen LogP contribution in [0.4, 0.5) is 0 Å². The fraction of sp³-hybridized carbons (Fsp3) is 0.529. The van der Waals surface area contributed by atoms with Gasteiger partial charge in [0.2, 0.25) is 0 Å². The van der Waals surface area contributed by atoms with Gasteiger partial charge in [0.05, 0.1) is 0 Å². The minimum absolute atomic E-state index is 0.0494. The Kier molecular flexibility index (Phi) is 6.40. The molecule has 0 atom stereocenters. The van der Waals surface area contributed by atoms with E-state index in [0.717, 1.165) is 39.0 Å². The van der Waals surface area contributed by atoms with E-state index >= 15 is 0 Å². The third-order valence-corrected chi connectivity index (χ3v) is 4.07. The van der Waals surface area contributed by atoms with E-state index in [2.05, 4.69) is 12.2 Å². The number of primary amides is 1. The first-order chi connectivity index (χ1) is 11.1. The highest BCUT2D eigenvalue weighted by molar-refractivity contribution is 5.94. The molecule has 0 unspecified atom stereocenters. The molecule has 0 saturated carbocycles. The van der Waals surface area contributed by atoms with Gasteiger partial charge in [0.25, 0.3) is 11.8 Å². The van der Waals surface area contributed by atoms with Gasteiger partial charge in [0.15, 0.2) is 6.61 Å². The first-order valence-corrected chi connectivity index (χ1v) is 8.11. The van der Waals surface area contributed by atoms with Crippen LogP contribution in [0.3, 0.4) is 0 Å². The predicted octanol–water partition coefficient (Wildman–Crippen LogP) is 1.01. The van der Waals surface area contributed by atoms with Crippen molar-refractivity contribution in [2.24, 2.45) is 11.7 Å². The topological polar surface area (TPSA) is 84.7 Å². The predicted molar refractivity (Wildman–Crippen MR) is 88.3 cm³/mol. The number of benzene rings is 1. The minimum atomic E-state index is -0.523. The maximum absolute atomic E-state index is 12.5. The number of piperidine rings is 1. The van der Waals surface area contributed by atoms with Gasteiger partial charge in [-0.2, -0.15) is 0 Å². The number of ether oxygens (including phenoxy) is 1. The average molecular weight is 319 g/mol. The van der Waals surface area contributed by atoms with Crippen LogP contribution < -0.4 is 15.8 Å². The van der Waals surface area contributed by atoms with Crippen molar-refractivity contribution in [1.29, 1.82) is 0 Å². The Morgan fingerprint density at radius 1 is 1.26 bits per heavy atom. The maximum Gasteiger partial charge on any atom is 0.255 e. The van der Waals surface area contributed by atoms with Gasteiger partial charge >= 0.3 is 0 Å². The second-order valence-electron chi connectivity index (χ2n) is 5.82. The Bertz CT molecular complexity index is 522. The Morgan fingerprint density at radius 3 is 2.48 bits per heavy atom. The number of carbonyl (C=O) groups is 2. The van der Waals surface area contributed by atoms with Crippen molar-refractivity contribution >= 4 is 11.8 Å². The van der Waals surface area contributed by atoms with E-state index < -0.39 is 5.91 Å². The average Bonchev–Trinajstić information content (AvgIpc) is 2.58. The van der Waals surface area contributed by atoms with Gasteiger partial charge in [0.1, 0.15) is 5.75 Å². The van der Waals surface area contributed by atoms with E-state index in [1.54, 1.807) is 24.3 Å². The third kappa shape index (κ3) is 5.25. The molecule has 126 valence electrons. The van der Waals surface area contributed by atoms with Crippen molar-refractivity contribution in [3.63, 3.8) is 0 Å². The van der Waals surface area contributed by atoms with E-state index in [1.165, 1.54) is 0 Å². The van der Waals surface area contributed by atoms with Crippen molar-refractivity contribution in [3.05, 3.63) is 29.8 Å². The molecule has 0 radical (unpaired) electrons. The largest absolute Gasteiger partial charge is 0.484 e. The summed E-state index contributed by atoms with van der Waals surface area (Å²) in [6.07, 6.45) is 2.08. The Hall–Kier alpha value is -2.08. The zero-order valence-corrected chi connectivity index (χ0v) is 13.6. The molecule has 6 nitrogen and oxygen atoms in total. The van der Waals surface area contributed by atoms with Gasteiger partial charge in [-0.3, -0.25) is 9.59 Å². The lowest BCUT2D eigenvalue weighted by atomic mass is 9.96. The molecular formula is C17H25N3O3. The second-order valence-corrected chi connectivity index (χ2v) is 5.82. The molecule has 1 fully saturated rings. The monoisotopic (exact) mass is 319 g/mol. The highest BCUT2D eigenvalue weighted by Crippen LogP contribution is 2.20. The molecule has 1 saturated heterocycles. The lowest BCUT2D eigenvalue weighted by molar-refractivity contribution is -0.119. The number of likely N-dealkylation sites (tertiary alicyclic amines) is 1. The number of hydrogen-bond acceptors (Lipinski definition) is 4. The normalized spacial score (nSPS) is 15.4. The van der Waals surface area contributed by atoms with Crippen molar-refractivity contribution < 1.29 is 14.3 Å². The fourth-order valence-corrected chi connectivity index (χ4v) is 2.72. The van der Waals surface area contributed by atoms with Crippen molar-refractivity contribution in [2.75, 3.05) is 32.8 Å². The Balaban J connectivity index is 1.85. The van der Waals surface area contributed by atoms with Crippen LogP contribution in [0.5, 0.6) is 5.75 Å². The molecule has 6 heteroatoms. The molecule has 2 amide bonds. The van der Waals surface area contributed by atoms with E-state index in [-0.39, 0.29) is 12.5 Å². The van der Waals surface area contributed by atoms with Crippen molar-refractivity contribution in [1.82, 2.24) is 10.2 Å². The van der Waals surface area contributed by atoms with E-state index in [0.29, 0.717) is 17.2 Å². The zero-order valence-electron chi connectivity index (χ0n) is 13.6. The second kappa shape index (κ2) is 8.53. The summed E-state index contributed by atoms with van der Waals surface area (Å²) in [5.41, 5.74) is 5.67. The molecule has 0 bridgehead atoms. The minimum Gasteiger partial charge on any atom is -0.484 e. The lowest BCUT2D eigenvalue weighted by Gasteiger charge is -2.32. The molecule has 3 N–H and O–H groups in total. The number of amides is 2. The number of hydrogen-bond donors (Lipinski definition) is 2. The number of carbonyl (C=O) groups excluding carboxylic acids is 2. The summed E-state index contributed by atoms with van der Waals surface area (Å²) in [5, 5.41) is 3.37. The van der Waals surface area contributed by atoms with E-state index in [1.807, 2.05) is 4.90 Å². The summed E-state index contributed by atoms with van der Waals surface area (Å²) in [6.45, 7) is 5.57. The van der Waals surface area contributed by atoms with Gasteiger partial charge in [-0.25, -0.2) is 0 Å². The number of nitrogens with two attached hydrogens (primary N) is 1. The van der Waals surface area contributed by atoms with Gasteiger partial charge in [-0.15, -0.1) is 0 Å². The van der Waals surface area contributed by atoms with Crippen LogP contribution in [0.15, 0.2) is 24.3 Å². The summed E-state index contributed by atoms with van der Waals surface area (Å²) < 4.78 is 5.19. The summed E-state index contributed by atoms with van der Waals surface area (Å²) in [6, 6.07) is 6.83. The first-order valence-electron chi connectivity index (χ1n) is 8.11. The molecule has 1 aliphatic heterocycles. The van der Waals surface area contributed by atoms with Gasteiger partial charge < -0.3 is 20.7 Å². The summed E-state index contributed by atoms with van der Waals surface area (Å²) in [4.78, 5) is 25.1. The fourth-order valence-electron chi connectivity index (χ4n) is 2.72. The zero-order chi connectivity index (χ0) is 16.7. The van der Waals surface area contributed by atoms with E-state index in [9.17, 15) is 9.59 Å². The van der Waals surface area contributed by atoms with Gasteiger partial charge in [-0.1, -0.05) is 6.92 Å². The van der Waals surface area contributed by atoms with Crippen LogP contribution in [0.25, 0.3) is 0 Å². The molecule has 1 aromatic carbocycles. The van der Waals surface area contributed by atoms with Gasteiger partial charge in [-0.05, 0) is 56.1 Å². The van der Waals surface area contributed by atoms with Crippen LogP contribution in [0, 0.1) is 5.92 Å². The molecule has 0 aliphatic carbocycles. The maximum atomic E-state index is 12.5.